The Bertz CT molecular complexity index is 955. The lowest BCUT2D eigenvalue weighted by molar-refractivity contribution is 0.0599. The number of pyridine rings is 1. The topological polar surface area (TPSA) is 69.0 Å². The summed E-state index contributed by atoms with van der Waals surface area (Å²) in [6.07, 6.45) is 6.76. The van der Waals surface area contributed by atoms with Crippen LogP contribution in [0.2, 0.25) is 0 Å². The number of esters is 1. The molecule has 1 N–H and O–H groups in total. The Kier molecular flexibility index (Phi) is 6.71. The average molecular weight is 384 g/mol. The molecule has 0 bridgehead atoms. The van der Waals surface area contributed by atoms with Gasteiger partial charge in [0.1, 0.15) is 5.82 Å². The monoisotopic (exact) mass is 384 g/mol. The summed E-state index contributed by atoms with van der Waals surface area (Å²) in [4.78, 5) is 16.2. The molecule has 0 radical (unpaired) electrons. The van der Waals surface area contributed by atoms with Crippen molar-refractivity contribution in [2.45, 2.75) is 32.2 Å². The van der Waals surface area contributed by atoms with E-state index in [2.05, 4.69) is 10.3 Å². The third-order valence-electron chi connectivity index (χ3n) is 4.75. The van der Waals surface area contributed by atoms with Crippen LogP contribution in [0, 0.1) is 5.82 Å². The molecule has 3 rings (SSSR count). The summed E-state index contributed by atoms with van der Waals surface area (Å²) in [5.74, 6) is -0.724. The van der Waals surface area contributed by atoms with E-state index in [4.69, 9.17) is 9.84 Å². The van der Waals surface area contributed by atoms with Gasteiger partial charge in [0, 0.05) is 30.7 Å². The summed E-state index contributed by atoms with van der Waals surface area (Å²) in [7, 11) is 3.29. The number of hydrogen-bond donors (Lipinski definition) is 1. The second kappa shape index (κ2) is 9.41. The highest BCUT2D eigenvalue weighted by atomic mass is 19.1. The minimum absolute atomic E-state index is 0.304. The SMILES string of the molecule is CNCCCCCn1nc(Cc2cnccc2C(=O)OC)c2cc(F)ccc21. The van der Waals surface area contributed by atoms with Crippen molar-refractivity contribution in [2.75, 3.05) is 20.7 Å². The zero-order valence-electron chi connectivity index (χ0n) is 16.2. The largest absolute Gasteiger partial charge is 0.465 e. The maximum atomic E-state index is 13.9. The van der Waals surface area contributed by atoms with Gasteiger partial charge in [0.2, 0.25) is 0 Å². The molecule has 148 valence electrons. The van der Waals surface area contributed by atoms with Gasteiger partial charge in [0.25, 0.3) is 0 Å². The number of ether oxygens (including phenoxy) is 1. The van der Waals surface area contributed by atoms with Gasteiger partial charge in [-0.2, -0.15) is 5.10 Å². The molecular weight excluding hydrogens is 359 g/mol. The molecule has 0 atom stereocenters. The van der Waals surface area contributed by atoms with Crippen LogP contribution in [0.15, 0.2) is 36.7 Å². The molecule has 28 heavy (non-hydrogen) atoms. The smallest absolute Gasteiger partial charge is 0.338 e. The second-order valence-electron chi connectivity index (χ2n) is 6.70. The average Bonchev–Trinajstić information content (AvgIpc) is 3.04. The highest BCUT2D eigenvalue weighted by molar-refractivity contribution is 5.91. The summed E-state index contributed by atoms with van der Waals surface area (Å²) in [6.45, 7) is 1.76. The minimum atomic E-state index is -0.420. The third-order valence-corrected chi connectivity index (χ3v) is 4.75. The number of benzene rings is 1. The Morgan fingerprint density at radius 3 is 2.89 bits per heavy atom. The van der Waals surface area contributed by atoms with Crippen LogP contribution in [-0.4, -0.2) is 41.4 Å². The first kappa shape index (κ1) is 19.9. The summed E-state index contributed by atoms with van der Waals surface area (Å²) in [5, 5.41) is 8.63. The zero-order valence-corrected chi connectivity index (χ0v) is 16.2. The molecule has 0 spiro atoms. The summed E-state index contributed by atoms with van der Waals surface area (Å²) in [5.41, 5.74) is 2.78. The Morgan fingerprint density at radius 2 is 2.11 bits per heavy atom. The van der Waals surface area contributed by atoms with E-state index in [0.29, 0.717) is 17.5 Å². The maximum Gasteiger partial charge on any atom is 0.338 e. The molecule has 0 unspecified atom stereocenters. The number of aromatic nitrogens is 3. The molecule has 0 saturated carbocycles. The maximum absolute atomic E-state index is 13.9. The Hall–Kier alpha value is -2.80. The molecule has 1 aromatic carbocycles. The molecule has 0 saturated heterocycles. The van der Waals surface area contributed by atoms with Crippen molar-refractivity contribution in [1.29, 1.82) is 0 Å². The van der Waals surface area contributed by atoms with E-state index in [1.165, 1.54) is 19.2 Å². The quantitative estimate of drug-likeness (QED) is 0.453. The Labute approximate surface area is 163 Å². The Morgan fingerprint density at radius 1 is 1.25 bits per heavy atom. The number of fused-ring (bicyclic) bond motifs is 1. The zero-order chi connectivity index (χ0) is 19.9. The highest BCUT2D eigenvalue weighted by Crippen LogP contribution is 2.24. The van der Waals surface area contributed by atoms with Crippen molar-refractivity contribution >= 4 is 16.9 Å². The number of nitrogens with zero attached hydrogens (tertiary/aromatic N) is 3. The highest BCUT2D eigenvalue weighted by Gasteiger charge is 2.17. The number of halogens is 1. The van der Waals surface area contributed by atoms with Crippen molar-refractivity contribution in [2.24, 2.45) is 0 Å². The lowest BCUT2D eigenvalue weighted by atomic mass is 10.0. The van der Waals surface area contributed by atoms with Gasteiger partial charge in [0.15, 0.2) is 0 Å². The van der Waals surface area contributed by atoms with Crippen LogP contribution in [0.25, 0.3) is 10.9 Å². The number of nitrogens with one attached hydrogen (secondary N) is 1. The lowest BCUT2D eigenvalue weighted by Gasteiger charge is -2.06. The van der Waals surface area contributed by atoms with E-state index >= 15 is 0 Å². The molecule has 2 heterocycles. The van der Waals surface area contributed by atoms with Crippen molar-refractivity contribution < 1.29 is 13.9 Å². The number of carbonyl (C=O) groups excluding carboxylic acids is 1. The van der Waals surface area contributed by atoms with Crippen LogP contribution in [0.1, 0.15) is 40.9 Å². The van der Waals surface area contributed by atoms with Gasteiger partial charge >= 0.3 is 5.97 Å². The fourth-order valence-corrected chi connectivity index (χ4v) is 3.32. The molecule has 0 aliphatic carbocycles. The van der Waals surface area contributed by atoms with E-state index in [1.54, 1.807) is 24.5 Å². The molecule has 2 aromatic heterocycles. The number of carbonyl (C=O) groups is 1. The first-order chi connectivity index (χ1) is 13.6. The minimum Gasteiger partial charge on any atom is -0.465 e. The van der Waals surface area contributed by atoms with Gasteiger partial charge in [-0.25, -0.2) is 9.18 Å². The van der Waals surface area contributed by atoms with Crippen LogP contribution in [0.3, 0.4) is 0 Å². The molecular formula is C21H25FN4O2. The number of aryl methyl sites for hydroxylation is 1. The summed E-state index contributed by atoms with van der Waals surface area (Å²) < 4.78 is 20.7. The van der Waals surface area contributed by atoms with Gasteiger partial charge in [-0.05, 0) is 56.3 Å². The number of hydrogen-bond acceptors (Lipinski definition) is 5. The van der Waals surface area contributed by atoms with E-state index in [-0.39, 0.29) is 5.82 Å². The standard InChI is InChI=1S/C21H25FN4O2/c1-23-9-4-3-5-11-26-20-7-6-16(22)13-18(20)19(25-26)12-15-14-24-10-8-17(15)21(27)28-2/h6-8,10,13-14,23H,3-5,9,11-12H2,1-2H3. The van der Waals surface area contributed by atoms with E-state index in [9.17, 15) is 9.18 Å². The lowest BCUT2D eigenvalue weighted by Crippen LogP contribution is -2.08. The van der Waals surface area contributed by atoms with Gasteiger partial charge in [-0.15, -0.1) is 0 Å². The fourth-order valence-electron chi connectivity index (χ4n) is 3.32. The summed E-state index contributed by atoms with van der Waals surface area (Å²) >= 11 is 0. The van der Waals surface area contributed by atoms with Crippen LogP contribution >= 0.6 is 0 Å². The van der Waals surface area contributed by atoms with E-state index in [1.807, 2.05) is 11.7 Å². The normalized spacial score (nSPS) is 11.1. The van der Waals surface area contributed by atoms with Gasteiger partial charge in [-0.3, -0.25) is 9.67 Å². The predicted molar refractivity (Wildman–Crippen MR) is 106 cm³/mol. The van der Waals surface area contributed by atoms with Crippen LogP contribution in [0.5, 0.6) is 0 Å². The molecule has 0 aliphatic heterocycles. The van der Waals surface area contributed by atoms with Gasteiger partial charge in [0.05, 0.1) is 23.9 Å². The first-order valence-electron chi connectivity index (χ1n) is 9.44. The van der Waals surface area contributed by atoms with Crippen LogP contribution in [-0.2, 0) is 17.7 Å². The fraction of sp³-hybridized carbons (Fsp3) is 0.381. The van der Waals surface area contributed by atoms with Crippen molar-refractivity contribution in [1.82, 2.24) is 20.1 Å². The van der Waals surface area contributed by atoms with E-state index in [0.717, 1.165) is 48.9 Å². The molecule has 0 fully saturated rings. The summed E-state index contributed by atoms with van der Waals surface area (Å²) in [6, 6.07) is 6.35. The second-order valence-corrected chi connectivity index (χ2v) is 6.70. The van der Waals surface area contributed by atoms with Crippen molar-refractivity contribution in [3.63, 3.8) is 0 Å². The Balaban J connectivity index is 1.89. The number of rotatable bonds is 9. The van der Waals surface area contributed by atoms with Crippen LogP contribution in [0.4, 0.5) is 4.39 Å². The van der Waals surface area contributed by atoms with Crippen molar-refractivity contribution in [3.8, 4) is 0 Å². The molecule has 0 aliphatic rings. The number of unbranched alkanes of at least 4 members (excludes halogenated alkanes) is 2. The molecule has 6 nitrogen and oxygen atoms in total. The third kappa shape index (κ3) is 4.54. The molecule has 3 aromatic rings. The number of methoxy groups -OCH3 is 1. The van der Waals surface area contributed by atoms with Crippen LogP contribution < -0.4 is 5.32 Å². The van der Waals surface area contributed by atoms with Gasteiger partial charge < -0.3 is 10.1 Å². The first-order valence-corrected chi connectivity index (χ1v) is 9.44. The molecule has 0 amide bonds. The van der Waals surface area contributed by atoms with E-state index < -0.39 is 5.97 Å². The molecule has 7 heteroatoms. The van der Waals surface area contributed by atoms with Crippen molar-refractivity contribution in [3.05, 3.63) is 59.3 Å². The van der Waals surface area contributed by atoms with Gasteiger partial charge in [-0.1, -0.05) is 6.42 Å². The predicted octanol–water partition coefficient (Wildman–Crippen LogP) is 3.34.